The predicted octanol–water partition coefficient (Wildman–Crippen LogP) is 1.45. The van der Waals surface area contributed by atoms with Crippen LogP contribution >= 0.6 is 0 Å². The van der Waals surface area contributed by atoms with E-state index in [4.69, 9.17) is 9.15 Å². The van der Waals surface area contributed by atoms with Gasteiger partial charge in [0.25, 0.3) is 5.91 Å². The summed E-state index contributed by atoms with van der Waals surface area (Å²) in [5, 5.41) is 2.90. The van der Waals surface area contributed by atoms with Gasteiger partial charge in [0.2, 0.25) is 11.9 Å². The number of amides is 1. The smallest absolute Gasteiger partial charge is 0.255 e. The number of aromatic nitrogens is 3. The van der Waals surface area contributed by atoms with Gasteiger partial charge in [0.1, 0.15) is 11.5 Å². The van der Waals surface area contributed by atoms with Crippen LogP contribution in [-0.4, -0.2) is 60.3 Å². The Kier molecular flexibility index (Phi) is 5.43. The summed E-state index contributed by atoms with van der Waals surface area (Å²) in [5.74, 6) is 3.04. The largest absolute Gasteiger partial charge is 0.466 e. The average Bonchev–Trinajstić information content (AvgIpc) is 3.36. The summed E-state index contributed by atoms with van der Waals surface area (Å²) in [6.07, 6.45) is 2.29. The maximum atomic E-state index is 12.5. The molecule has 0 aromatic carbocycles. The normalized spacial score (nSPS) is 17.2. The minimum atomic E-state index is -0.189. The van der Waals surface area contributed by atoms with Gasteiger partial charge in [-0.2, -0.15) is 15.0 Å². The number of carbonyl (C=O) groups excluding carboxylic acids is 1. The van der Waals surface area contributed by atoms with E-state index in [9.17, 15) is 4.79 Å². The number of furan rings is 1. The van der Waals surface area contributed by atoms with E-state index in [1.165, 1.54) is 0 Å². The number of morpholine rings is 1. The van der Waals surface area contributed by atoms with Crippen molar-refractivity contribution in [2.45, 2.75) is 33.2 Å². The van der Waals surface area contributed by atoms with Crippen LogP contribution < -0.4 is 15.1 Å². The van der Waals surface area contributed by atoms with E-state index in [2.05, 4.69) is 30.1 Å². The van der Waals surface area contributed by atoms with Crippen LogP contribution in [0.2, 0.25) is 0 Å². The molecule has 2 aliphatic rings. The lowest BCUT2D eigenvalue weighted by Crippen LogP contribution is -2.38. The number of carbonyl (C=O) groups is 1. The molecule has 4 heterocycles. The maximum Gasteiger partial charge on any atom is 0.255 e. The van der Waals surface area contributed by atoms with Gasteiger partial charge in [-0.1, -0.05) is 0 Å². The molecule has 0 saturated carbocycles. The van der Waals surface area contributed by atoms with E-state index in [1.807, 2.05) is 6.92 Å². The van der Waals surface area contributed by atoms with Gasteiger partial charge in [0.15, 0.2) is 5.82 Å². The van der Waals surface area contributed by atoms with Crippen LogP contribution in [0.1, 0.15) is 40.5 Å². The lowest BCUT2D eigenvalue weighted by atomic mass is 10.2. The van der Waals surface area contributed by atoms with Crippen molar-refractivity contribution in [1.82, 2.24) is 20.3 Å². The highest BCUT2D eigenvalue weighted by molar-refractivity contribution is 5.95. The van der Waals surface area contributed by atoms with E-state index in [1.54, 1.807) is 13.0 Å². The third-order valence-electron chi connectivity index (χ3n) is 5.03. The van der Waals surface area contributed by atoms with Gasteiger partial charge in [-0.25, -0.2) is 0 Å². The number of aryl methyl sites for hydroxylation is 2. The summed E-state index contributed by atoms with van der Waals surface area (Å²) in [7, 11) is 0. The molecule has 0 radical (unpaired) electrons. The first-order valence-corrected chi connectivity index (χ1v) is 9.78. The molecular weight excluding hydrogens is 360 g/mol. The van der Waals surface area contributed by atoms with E-state index in [0.717, 1.165) is 39.0 Å². The number of anilines is 2. The fourth-order valence-corrected chi connectivity index (χ4v) is 3.55. The first-order valence-electron chi connectivity index (χ1n) is 9.78. The highest BCUT2D eigenvalue weighted by atomic mass is 16.5. The third-order valence-corrected chi connectivity index (χ3v) is 5.03. The molecule has 9 heteroatoms. The number of hydrogen-bond donors (Lipinski definition) is 1. The van der Waals surface area contributed by atoms with Crippen molar-refractivity contribution in [2.75, 3.05) is 49.2 Å². The lowest BCUT2D eigenvalue weighted by Gasteiger charge is -2.28. The van der Waals surface area contributed by atoms with Crippen LogP contribution in [-0.2, 0) is 11.3 Å². The first kappa shape index (κ1) is 18.7. The van der Waals surface area contributed by atoms with Gasteiger partial charge in [-0.05, 0) is 32.8 Å². The summed E-state index contributed by atoms with van der Waals surface area (Å²) in [6.45, 7) is 8.58. The van der Waals surface area contributed by atoms with Crippen LogP contribution in [0.3, 0.4) is 0 Å². The number of hydrogen-bond acceptors (Lipinski definition) is 8. The zero-order valence-electron chi connectivity index (χ0n) is 16.4. The van der Waals surface area contributed by atoms with E-state index in [-0.39, 0.29) is 12.5 Å². The molecule has 9 nitrogen and oxygen atoms in total. The lowest BCUT2D eigenvalue weighted by molar-refractivity contribution is 0.0948. The number of nitrogens with zero attached hydrogens (tertiary/aromatic N) is 5. The topological polar surface area (TPSA) is 96.6 Å². The van der Waals surface area contributed by atoms with Crippen molar-refractivity contribution in [1.29, 1.82) is 0 Å². The molecule has 4 rings (SSSR count). The summed E-state index contributed by atoms with van der Waals surface area (Å²) < 4.78 is 10.9. The number of nitrogens with one attached hydrogen (secondary N) is 1. The first-order chi connectivity index (χ1) is 13.6. The summed E-state index contributed by atoms with van der Waals surface area (Å²) in [6, 6.07) is 1.74. The Morgan fingerprint density at radius 2 is 1.68 bits per heavy atom. The van der Waals surface area contributed by atoms with E-state index >= 15 is 0 Å². The molecule has 150 valence electrons. The van der Waals surface area contributed by atoms with Gasteiger partial charge in [0, 0.05) is 26.2 Å². The number of ether oxygens (including phenoxy) is 1. The average molecular weight is 386 g/mol. The standard InChI is InChI=1S/C19H26N6O3/c1-13-11-15(14(2)28-13)17(26)20-12-16-21-18(24-5-3-4-6-24)23-19(22-16)25-7-9-27-10-8-25/h11H,3-10,12H2,1-2H3,(H,20,26). The molecule has 0 aliphatic carbocycles. The molecule has 2 fully saturated rings. The third kappa shape index (κ3) is 4.09. The Hall–Kier alpha value is -2.68. The molecule has 2 saturated heterocycles. The molecule has 2 aliphatic heterocycles. The molecule has 2 aromatic heterocycles. The van der Waals surface area contributed by atoms with Gasteiger partial charge in [-0.3, -0.25) is 4.79 Å². The fourth-order valence-electron chi connectivity index (χ4n) is 3.55. The number of rotatable bonds is 5. The molecule has 1 amide bonds. The van der Waals surface area contributed by atoms with Gasteiger partial charge in [0.05, 0.1) is 25.3 Å². The highest BCUT2D eigenvalue weighted by Crippen LogP contribution is 2.20. The minimum absolute atomic E-state index is 0.189. The van der Waals surface area contributed by atoms with Gasteiger partial charge >= 0.3 is 0 Å². The highest BCUT2D eigenvalue weighted by Gasteiger charge is 2.21. The minimum Gasteiger partial charge on any atom is -0.466 e. The molecule has 2 aromatic rings. The van der Waals surface area contributed by atoms with Gasteiger partial charge in [-0.15, -0.1) is 0 Å². The molecular formula is C19H26N6O3. The van der Waals surface area contributed by atoms with Crippen molar-refractivity contribution in [3.8, 4) is 0 Å². The molecule has 28 heavy (non-hydrogen) atoms. The molecule has 0 unspecified atom stereocenters. The Bertz CT molecular complexity index is 840. The quantitative estimate of drug-likeness (QED) is 0.825. The Balaban J connectivity index is 1.53. The zero-order chi connectivity index (χ0) is 19.5. The van der Waals surface area contributed by atoms with Crippen LogP contribution in [0.4, 0.5) is 11.9 Å². The predicted molar refractivity (Wildman–Crippen MR) is 104 cm³/mol. The van der Waals surface area contributed by atoms with Crippen LogP contribution in [0.25, 0.3) is 0 Å². The van der Waals surface area contributed by atoms with Crippen molar-refractivity contribution >= 4 is 17.8 Å². The second kappa shape index (κ2) is 8.14. The summed E-state index contributed by atoms with van der Waals surface area (Å²) in [4.78, 5) is 30.7. The SMILES string of the molecule is Cc1cc(C(=O)NCc2nc(N3CCCC3)nc(N3CCOCC3)n2)c(C)o1. The van der Waals surface area contributed by atoms with E-state index < -0.39 is 0 Å². The second-order valence-corrected chi connectivity index (χ2v) is 7.15. The molecule has 0 bridgehead atoms. The summed E-state index contributed by atoms with van der Waals surface area (Å²) in [5.41, 5.74) is 0.541. The van der Waals surface area contributed by atoms with Crippen molar-refractivity contribution < 1.29 is 13.9 Å². The molecule has 1 N–H and O–H groups in total. The Morgan fingerprint density at radius 1 is 1.04 bits per heavy atom. The monoisotopic (exact) mass is 386 g/mol. The van der Waals surface area contributed by atoms with Crippen molar-refractivity contribution in [2.24, 2.45) is 0 Å². The Morgan fingerprint density at radius 3 is 2.29 bits per heavy atom. The zero-order valence-corrected chi connectivity index (χ0v) is 16.4. The summed E-state index contributed by atoms with van der Waals surface area (Å²) >= 11 is 0. The Labute approximate surface area is 164 Å². The molecule has 0 spiro atoms. The van der Waals surface area contributed by atoms with Crippen LogP contribution in [0, 0.1) is 13.8 Å². The van der Waals surface area contributed by atoms with Crippen molar-refractivity contribution in [3.63, 3.8) is 0 Å². The maximum absolute atomic E-state index is 12.5. The fraction of sp³-hybridized carbons (Fsp3) is 0.579. The molecule has 0 atom stereocenters. The van der Waals surface area contributed by atoms with Crippen LogP contribution in [0.5, 0.6) is 0 Å². The second-order valence-electron chi connectivity index (χ2n) is 7.15. The van der Waals surface area contributed by atoms with Crippen molar-refractivity contribution in [3.05, 3.63) is 29.0 Å². The van der Waals surface area contributed by atoms with E-state index in [0.29, 0.717) is 48.0 Å². The van der Waals surface area contributed by atoms with Crippen LogP contribution in [0.15, 0.2) is 10.5 Å². The van der Waals surface area contributed by atoms with Gasteiger partial charge < -0.3 is 24.3 Å².